The Morgan fingerprint density at radius 2 is 2.04 bits per heavy atom. The smallest absolute Gasteiger partial charge is 0.354 e. The van der Waals surface area contributed by atoms with E-state index in [0.29, 0.717) is 23.8 Å². The fourth-order valence-electron chi connectivity index (χ4n) is 2.84. The number of benzene rings is 2. The summed E-state index contributed by atoms with van der Waals surface area (Å²) in [6.07, 6.45) is 1.38. The monoisotopic (exact) mass is 342 g/mol. The maximum absolute atomic E-state index is 12.1. The van der Waals surface area contributed by atoms with Crippen molar-refractivity contribution in [2.24, 2.45) is 5.10 Å². The van der Waals surface area contributed by atoms with Crippen molar-refractivity contribution in [3.8, 4) is 0 Å². The molecule has 1 heterocycles. The molecule has 4 nitrogen and oxygen atoms in total. The zero-order valence-corrected chi connectivity index (χ0v) is 14.2. The standard InChI is InChI=1S/C19H19ClN2O2/c1-2-24-19(23)17-11-12-18(14-7-4-3-5-8-14)22(21-17)16-10-6-9-15(20)13-16/h3-10,13,18H,2,11-12H2,1H3. The minimum absolute atomic E-state index is 0.0582. The SMILES string of the molecule is CCOC(=O)C1=NN(c2cccc(Cl)c2)C(c2ccccc2)CC1. The predicted octanol–water partition coefficient (Wildman–Crippen LogP) is 4.60. The lowest BCUT2D eigenvalue weighted by atomic mass is 9.97. The Bertz CT molecular complexity index is 746. The topological polar surface area (TPSA) is 41.9 Å². The summed E-state index contributed by atoms with van der Waals surface area (Å²) in [5, 5.41) is 7.10. The lowest BCUT2D eigenvalue weighted by molar-refractivity contribution is -0.135. The molecule has 0 fully saturated rings. The molecular weight excluding hydrogens is 324 g/mol. The lowest BCUT2D eigenvalue weighted by Crippen LogP contribution is -2.33. The molecule has 2 aromatic carbocycles. The molecule has 5 heteroatoms. The fourth-order valence-corrected chi connectivity index (χ4v) is 3.03. The molecule has 2 aromatic rings. The Kier molecular flexibility index (Phi) is 5.16. The number of esters is 1. The van der Waals surface area contributed by atoms with Gasteiger partial charge in [-0.2, -0.15) is 5.10 Å². The summed E-state index contributed by atoms with van der Waals surface area (Å²) in [7, 11) is 0. The van der Waals surface area contributed by atoms with Crippen LogP contribution in [-0.4, -0.2) is 18.3 Å². The first-order chi connectivity index (χ1) is 11.7. The highest BCUT2D eigenvalue weighted by Gasteiger charge is 2.29. The molecule has 3 rings (SSSR count). The van der Waals surface area contributed by atoms with Crippen LogP contribution in [-0.2, 0) is 9.53 Å². The number of hydrazone groups is 1. The van der Waals surface area contributed by atoms with E-state index in [-0.39, 0.29) is 12.0 Å². The van der Waals surface area contributed by atoms with Gasteiger partial charge < -0.3 is 4.74 Å². The van der Waals surface area contributed by atoms with E-state index in [1.165, 1.54) is 0 Å². The summed E-state index contributed by atoms with van der Waals surface area (Å²) in [6, 6.07) is 17.7. The molecule has 0 saturated carbocycles. The Morgan fingerprint density at radius 1 is 1.25 bits per heavy atom. The number of anilines is 1. The Morgan fingerprint density at radius 3 is 2.75 bits per heavy atom. The van der Waals surface area contributed by atoms with Gasteiger partial charge in [-0.1, -0.05) is 48.0 Å². The number of hydrogen-bond acceptors (Lipinski definition) is 4. The van der Waals surface area contributed by atoms with E-state index in [4.69, 9.17) is 16.3 Å². The van der Waals surface area contributed by atoms with E-state index in [1.807, 2.05) is 47.5 Å². The van der Waals surface area contributed by atoms with Crippen LogP contribution in [0.15, 0.2) is 59.7 Å². The molecule has 0 saturated heterocycles. The van der Waals surface area contributed by atoms with Gasteiger partial charge in [-0.05, 0) is 37.1 Å². The third-order valence-electron chi connectivity index (χ3n) is 3.95. The zero-order chi connectivity index (χ0) is 16.9. The molecule has 1 unspecified atom stereocenters. The van der Waals surface area contributed by atoms with E-state index >= 15 is 0 Å². The summed E-state index contributed by atoms with van der Waals surface area (Å²) >= 11 is 6.14. The number of ether oxygens (including phenoxy) is 1. The first kappa shape index (κ1) is 16.5. The Hall–Kier alpha value is -2.33. The van der Waals surface area contributed by atoms with E-state index in [1.54, 1.807) is 6.92 Å². The number of halogens is 1. The summed E-state index contributed by atoms with van der Waals surface area (Å²) in [6.45, 7) is 2.14. The van der Waals surface area contributed by atoms with Gasteiger partial charge in [0.2, 0.25) is 0 Å². The van der Waals surface area contributed by atoms with Crippen molar-refractivity contribution in [3.05, 3.63) is 65.2 Å². The van der Waals surface area contributed by atoms with Crippen molar-refractivity contribution < 1.29 is 9.53 Å². The molecular formula is C19H19ClN2O2. The molecule has 124 valence electrons. The van der Waals surface area contributed by atoms with Gasteiger partial charge in [0.1, 0.15) is 5.71 Å². The summed E-state index contributed by atoms with van der Waals surface area (Å²) < 4.78 is 5.11. The second-order valence-electron chi connectivity index (χ2n) is 5.56. The number of carbonyl (C=O) groups is 1. The molecule has 0 aromatic heterocycles. The van der Waals surface area contributed by atoms with Crippen LogP contribution in [0, 0.1) is 0 Å². The van der Waals surface area contributed by atoms with Gasteiger partial charge in [-0.25, -0.2) is 4.79 Å². The maximum atomic E-state index is 12.1. The van der Waals surface area contributed by atoms with Crippen LogP contribution in [0.25, 0.3) is 0 Å². The first-order valence-corrected chi connectivity index (χ1v) is 8.41. The van der Waals surface area contributed by atoms with Crippen LogP contribution >= 0.6 is 11.6 Å². The third kappa shape index (κ3) is 3.60. The van der Waals surface area contributed by atoms with Crippen LogP contribution in [0.1, 0.15) is 31.4 Å². The molecule has 0 bridgehead atoms. The lowest BCUT2D eigenvalue weighted by Gasteiger charge is -2.34. The molecule has 0 radical (unpaired) electrons. The summed E-state index contributed by atoms with van der Waals surface area (Å²) in [4.78, 5) is 12.1. The van der Waals surface area contributed by atoms with Gasteiger partial charge in [0.25, 0.3) is 0 Å². The third-order valence-corrected chi connectivity index (χ3v) is 4.18. The molecule has 0 spiro atoms. The zero-order valence-electron chi connectivity index (χ0n) is 13.5. The van der Waals surface area contributed by atoms with E-state index in [9.17, 15) is 4.79 Å². The van der Waals surface area contributed by atoms with Crippen LogP contribution in [0.3, 0.4) is 0 Å². The summed E-state index contributed by atoms with van der Waals surface area (Å²) in [5.41, 5.74) is 2.46. The Labute approximate surface area is 146 Å². The van der Waals surface area contributed by atoms with E-state index < -0.39 is 0 Å². The predicted molar refractivity (Wildman–Crippen MR) is 96.4 cm³/mol. The van der Waals surface area contributed by atoms with Crippen molar-refractivity contribution in [2.75, 3.05) is 11.6 Å². The molecule has 0 amide bonds. The quantitative estimate of drug-likeness (QED) is 0.762. The van der Waals surface area contributed by atoms with Gasteiger partial charge in [0, 0.05) is 11.4 Å². The molecule has 0 N–H and O–H groups in total. The minimum Gasteiger partial charge on any atom is -0.461 e. The molecule has 24 heavy (non-hydrogen) atoms. The van der Waals surface area contributed by atoms with Gasteiger partial charge in [0.05, 0.1) is 18.3 Å². The van der Waals surface area contributed by atoms with Crippen LogP contribution < -0.4 is 5.01 Å². The largest absolute Gasteiger partial charge is 0.461 e. The molecule has 1 aliphatic rings. The normalized spacial score (nSPS) is 17.3. The van der Waals surface area contributed by atoms with Crippen molar-refractivity contribution in [3.63, 3.8) is 0 Å². The van der Waals surface area contributed by atoms with Gasteiger partial charge in [0.15, 0.2) is 0 Å². The molecule has 0 aliphatic carbocycles. The minimum atomic E-state index is -0.351. The number of nitrogens with zero attached hydrogens (tertiary/aromatic N) is 2. The average Bonchev–Trinajstić information content (AvgIpc) is 2.62. The van der Waals surface area contributed by atoms with Gasteiger partial charge >= 0.3 is 5.97 Å². The average molecular weight is 343 g/mol. The summed E-state index contributed by atoms with van der Waals surface area (Å²) in [5.74, 6) is -0.351. The Balaban J connectivity index is 2.00. The molecule has 1 atom stereocenters. The molecule has 1 aliphatic heterocycles. The van der Waals surface area contributed by atoms with E-state index in [0.717, 1.165) is 17.7 Å². The van der Waals surface area contributed by atoms with Gasteiger partial charge in [-0.3, -0.25) is 5.01 Å². The highest BCUT2D eigenvalue weighted by atomic mass is 35.5. The van der Waals surface area contributed by atoms with Crippen molar-refractivity contribution in [2.45, 2.75) is 25.8 Å². The second-order valence-corrected chi connectivity index (χ2v) is 5.99. The fraction of sp³-hybridized carbons (Fsp3) is 0.263. The van der Waals surface area contributed by atoms with Crippen LogP contribution in [0.5, 0.6) is 0 Å². The number of hydrogen-bond donors (Lipinski definition) is 0. The second kappa shape index (κ2) is 7.49. The van der Waals surface area contributed by atoms with Crippen molar-refractivity contribution in [1.29, 1.82) is 0 Å². The number of rotatable bonds is 4. The highest BCUT2D eigenvalue weighted by Crippen LogP contribution is 2.35. The first-order valence-electron chi connectivity index (χ1n) is 8.03. The van der Waals surface area contributed by atoms with Crippen molar-refractivity contribution in [1.82, 2.24) is 0 Å². The van der Waals surface area contributed by atoms with Crippen LogP contribution in [0.2, 0.25) is 5.02 Å². The maximum Gasteiger partial charge on any atom is 0.354 e. The van der Waals surface area contributed by atoms with Crippen molar-refractivity contribution >= 4 is 29.0 Å². The number of carbonyl (C=O) groups excluding carboxylic acids is 1. The van der Waals surface area contributed by atoms with Gasteiger partial charge in [-0.15, -0.1) is 0 Å². The van der Waals surface area contributed by atoms with E-state index in [2.05, 4.69) is 17.2 Å². The van der Waals surface area contributed by atoms with Crippen LogP contribution in [0.4, 0.5) is 5.69 Å². The highest BCUT2D eigenvalue weighted by molar-refractivity contribution is 6.36.